The van der Waals surface area contributed by atoms with Crippen LogP contribution in [0.5, 0.6) is 0 Å². The summed E-state index contributed by atoms with van der Waals surface area (Å²) in [5, 5.41) is 22.0. The number of carboxylic acid groups (broad SMARTS) is 1. The molecule has 0 radical (unpaired) electrons. The zero-order valence-electron chi connectivity index (χ0n) is 9.09. The second-order valence-corrected chi connectivity index (χ2v) is 5.43. The fourth-order valence-electron chi connectivity index (χ4n) is 2.47. The molecule has 3 unspecified atom stereocenters. The van der Waals surface area contributed by atoms with Crippen LogP contribution < -0.4 is 0 Å². The van der Waals surface area contributed by atoms with Gasteiger partial charge in [-0.1, -0.05) is 6.92 Å². The van der Waals surface area contributed by atoms with Crippen LogP contribution in [0.25, 0.3) is 0 Å². The van der Waals surface area contributed by atoms with Crippen LogP contribution in [-0.2, 0) is 10.4 Å². The van der Waals surface area contributed by atoms with Crippen LogP contribution in [0.2, 0.25) is 0 Å². The Bertz CT molecular complexity index is 379. The number of carbonyl (C=O) groups is 1. The van der Waals surface area contributed by atoms with E-state index in [-0.39, 0.29) is 11.8 Å². The van der Waals surface area contributed by atoms with Crippen LogP contribution in [-0.4, -0.2) is 21.2 Å². The van der Waals surface area contributed by atoms with Gasteiger partial charge in [0.15, 0.2) is 0 Å². The van der Waals surface area contributed by atoms with Crippen LogP contribution in [0.15, 0.2) is 11.6 Å². The van der Waals surface area contributed by atoms with Gasteiger partial charge in [0.2, 0.25) is 0 Å². The summed E-state index contributed by atoms with van der Waals surface area (Å²) in [5.74, 6) is -1.10. The normalized spacial score (nSPS) is 34.9. The Morgan fingerprint density at radius 2 is 2.44 bits per heavy atom. The van der Waals surface area contributed by atoms with E-state index in [1.165, 1.54) is 11.3 Å². The molecule has 2 N–H and O–H groups in total. The van der Waals surface area contributed by atoms with Gasteiger partial charge in [0.25, 0.3) is 0 Å². The Labute approximate surface area is 98.0 Å². The van der Waals surface area contributed by atoms with Crippen molar-refractivity contribution in [3.63, 3.8) is 0 Å². The number of carboxylic acids is 1. The molecule has 0 spiro atoms. The maximum Gasteiger partial charge on any atom is 0.306 e. The molecule has 5 heteroatoms. The molecule has 0 amide bonds. The molecular weight excluding hydrogens is 226 g/mol. The topological polar surface area (TPSA) is 70.4 Å². The Kier molecular flexibility index (Phi) is 2.99. The van der Waals surface area contributed by atoms with Gasteiger partial charge in [0.05, 0.1) is 5.92 Å². The van der Waals surface area contributed by atoms with Crippen molar-refractivity contribution in [2.24, 2.45) is 11.8 Å². The average Bonchev–Trinajstić information content (AvgIpc) is 2.69. The number of aliphatic hydroxyl groups is 1. The lowest BCUT2D eigenvalue weighted by atomic mass is 9.72. The molecule has 1 fully saturated rings. The molecule has 0 aliphatic heterocycles. The van der Waals surface area contributed by atoms with Crippen molar-refractivity contribution >= 4 is 17.3 Å². The van der Waals surface area contributed by atoms with Crippen molar-refractivity contribution in [1.82, 2.24) is 4.98 Å². The fourth-order valence-corrected chi connectivity index (χ4v) is 3.25. The minimum Gasteiger partial charge on any atom is -0.481 e. The smallest absolute Gasteiger partial charge is 0.306 e. The average molecular weight is 241 g/mol. The quantitative estimate of drug-likeness (QED) is 0.829. The van der Waals surface area contributed by atoms with Crippen molar-refractivity contribution in [3.8, 4) is 0 Å². The van der Waals surface area contributed by atoms with Crippen LogP contribution in [0.1, 0.15) is 31.2 Å². The number of nitrogens with zero attached hydrogens (tertiary/aromatic N) is 1. The number of hydrogen-bond acceptors (Lipinski definition) is 4. The second-order valence-electron chi connectivity index (χ2n) is 4.53. The van der Waals surface area contributed by atoms with Crippen molar-refractivity contribution < 1.29 is 15.0 Å². The highest BCUT2D eigenvalue weighted by molar-refractivity contribution is 7.09. The van der Waals surface area contributed by atoms with Gasteiger partial charge < -0.3 is 10.2 Å². The van der Waals surface area contributed by atoms with Gasteiger partial charge in [-0.05, 0) is 25.2 Å². The Morgan fingerprint density at radius 1 is 1.69 bits per heavy atom. The summed E-state index contributed by atoms with van der Waals surface area (Å²) >= 11 is 1.43. The minimum atomic E-state index is -0.917. The van der Waals surface area contributed by atoms with E-state index < -0.39 is 11.6 Å². The van der Waals surface area contributed by atoms with Crippen LogP contribution in [0.4, 0.5) is 0 Å². The third kappa shape index (κ3) is 1.97. The van der Waals surface area contributed by atoms with E-state index in [1.807, 2.05) is 12.3 Å². The van der Waals surface area contributed by atoms with Gasteiger partial charge in [0, 0.05) is 11.6 Å². The molecule has 16 heavy (non-hydrogen) atoms. The highest BCUT2D eigenvalue weighted by Crippen LogP contribution is 2.43. The monoisotopic (exact) mass is 241 g/mol. The molecule has 3 atom stereocenters. The molecule has 1 aromatic rings. The zero-order valence-corrected chi connectivity index (χ0v) is 9.91. The maximum absolute atomic E-state index is 11.0. The fraction of sp³-hybridized carbons (Fsp3) is 0.636. The van der Waals surface area contributed by atoms with Crippen molar-refractivity contribution in [3.05, 3.63) is 16.6 Å². The molecule has 1 aromatic heterocycles. The van der Waals surface area contributed by atoms with Gasteiger partial charge >= 0.3 is 5.97 Å². The largest absolute Gasteiger partial charge is 0.481 e. The predicted octanol–water partition coefficient (Wildman–Crippen LogP) is 1.85. The summed E-state index contributed by atoms with van der Waals surface area (Å²) in [5.41, 5.74) is -0.917. The first kappa shape index (κ1) is 11.5. The van der Waals surface area contributed by atoms with Crippen molar-refractivity contribution in [2.75, 3.05) is 0 Å². The van der Waals surface area contributed by atoms with Gasteiger partial charge in [0.1, 0.15) is 10.6 Å². The first-order valence-corrected chi connectivity index (χ1v) is 6.26. The van der Waals surface area contributed by atoms with Gasteiger partial charge in [-0.25, -0.2) is 4.98 Å². The zero-order chi connectivity index (χ0) is 11.8. The molecule has 0 bridgehead atoms. The Morgan fingerprint density at radius 3 is 2.94 bits per heavy atom. The number of aromatic nitrogens is 1. The van der Waals surface area contributed by atoms with Crippen LogP contribution in [0, 0.1) is 11.8 Å². The number of rotatable bonds is 2. The number of thiazole rings is 1. The van der Waals surface area contributed by atoms with Gasteiger partial charge in [-0.15, -0.1) is 11.3 Å². The highest BCUT2D eigenvalue weighted by Gasteiger charge is 2.42. The number of aliphatic carboxylic acids is 1. The molecular formula is C11H15NO3S. The van der Waals surface area contributed by atoms with E-state index in [4.69, 9.17) is 5.11 Å². The summed E-state index contributed by atoms with van der Waals surface area (Å²) in [6, 6.07) is 0. The van der Waals surface area contributed by atoms with Crippen LogP contribution in [0.3, 0.4) is 0 Å². The molecule has 1 heterocycles. The van der Waals surface area contributed by atoms with Crippen LogP contribution >= 0.6 is 11.3 Å². The Balaban J connectivity index is 2.15. The first-order chi connectivity index (χ1) is 7.53. The van der Waals surface area contributed by atoms with E-state index in [9.17, 15) is 9.90 Å². The summed E-state index contributed by atoms with van der Waals surface area (Å²) in [6.45, 7) is 1.89. The maximum atomic E-state index is 11.0. The molecule has 2 rings (SSSR count). The second kappa shape index (κ2) is 4.14. The van der Waals surface area contributed by atoms with E-state index in [1.54, 1.807) is 6.20 Å². The third-order valence-electron chi connectivity index (χ3n) is 3.36. The molecule has 1 aliphatic carbocycles. The van der Waals surface area contributed by atoms with E-state index in [0.29, 0.717) is 24.3 Å². The number of hydrogen-bond donors (Lipinski definition) is 2. The molecule has 0 saturated heterocycles. The SMILES string of the molecule is CC1CC(O)(c2nccs2)CCC1C(=O)O. The Hall–Kier alpha value is -0.940. The lowest BCUT2D eigenvalue weighted by Crippen LogP contribution is -2.38. The summed E-state index contributed by atoms with van der Waals surface area (Å²) in [6.07, 6.45) is 3.16. The lowest BCUT2D eigenvalue weighted by Gasteiger charge is -2.37. The predicted molar refractivity (Wildman–Crippen MR) is 60.2 cm³/mol. The van der Waals surface area contributed by atoms with E-state index in [2.05, 4.69) is 4.98 Å². The molecule has 88 valence electrons. The summed E-state index contributed by atoms with van der Waals surface area (Å²) in [7, 11) is 0. The first-order valence-electron chi connectivity index (χ1n) is 5.38. The van der Waals surface area contributed by atoms with E-state index in [0.717, 1.165) is 0 Å². The summed E-state index contributed by atoms with van der Waals surface area (Å²) in [4.78, 5) is 15.1. The van der Waals surface area contributed by atoms with Gasteiger partial charge in [-0.3, -0.25) is 4.79 Å². The highest BCUT2D eigenvalue weighted by atomic mass is 32.1. The van der Waals surface area contributed by atoms with E-state index >= 15 is 0 Å². The van der Waals surface area contributed by atoms with Crippen molar-refractivity contribution in [1.29, 1.82) is 0 Å². The third-order valence-corrected chi connectivity index (χ3v) is 4.33. The van der Waals surface area contributed by atoms with Gasteiger partial charge in [-0.2, -0.15) is 0 Å². The molecule has 0 aromatic carbocycles. The molecule has 1 aliphatic rings. The van der Waals surface area contributed by atoms with Crippen molar-refractivity contribution in [2.45, 2.75) is 31.8 Å². The standard InChI is InChI=1S/C11H15NO3S/c1-7-6-11(15,10-12-4-5-16-10)3-2-8(7)9(13)14/h4-5,7-8,15H,2-3,6H2,1H3,(H,13,14). The molecule has 1 saturated carbocycles. The summed E-state index contributed by atoms with van der Waals surface area (Å²) < 4.78 is 0. The molecule has 4 nitrogen and oxygen atoms in total. The lowest BCUT2D eigenvalue weighted by molar-refractivity contribution is -0.148. The minimum absolute atomic E-state index is 0.0138.